The summed E-state index contributed by atoms with van der Waals surface area (Å²) in [4.78, 5) is 23.8. The monoisotopic (exact) mass is 512 g/mol. The molecule has 0 saturated carbocycles. The zero-order valence-corrected chi connectivity index (χ0v) is 19.8. The van der Waals surface area contributed by atoms with Crippen molar-refractivity contribution in [1.82, 2.24) is 10.0 Å². The molecule has 2 aromatic rings. The highest BCUT2D eigenvalue weighted by Crippen LogP contribution is 2.48. The van der Waals surface area contributed by atoms with Crippen LogP contribution in [0.5, 0.6) is 11.5 Å². The number of hydrogen-bond acceptors (Lipinski definition) is 6. The number of rotatable bonds is 5. The van der Waals surface area contributed by atoms with Gasteiger partial charge in [0, 0.05) is 22.1 Å². The standard InChI is InChI=1S/C22H19F3N2O5S2/c1-21(2)10-31-18-14(8-12(9-15(18)21)34(30)26-3)13-6-11(4-5-16(13)32-22(23,24)25)7-17-19(28)27-20(29)33-17/h4-9,26H,10H2,1-3H3,(H,27,28,29)/b17-7-. The third-order valence-electron chi connectivity index (χ3n) is 5.23. The number of fused-ring (bicyclic) bond motifs is 1. The van der Waals surface area contributed by atoms with Crippen molar-refractivity contribution < 1.29 is 36.4 Å². The van der Waals surface area contributed by atoms with Gasteiger partial charge in [-0.2, -0.15) is 0 Å². The number of halogens is 3. The number of carbonyl (C=O) groups is 2. The first kappa shape index (κ1) is 24.3. The molecule has 2 heterocycles. The zero-order valence-electron chi connectivity index (χ0n) is 18.2. The predicted molar refractivity (Wildman–Crippen MR) is 122 cm³/mol. The molecule has 7 nitrogen and oxygen atoms in total. The van der Waals surface area contributed by atoms with Crippen molar-refractivity contribution >= 4 is 40.0 Å². The Morgan fingerprint density at radius 2 is 1.94 bits per heavy atom. The lowest BCUT2D eigenvalue weighted by Crippen LogP contribution is -2.19. The highest BCUT2D eigenvalue weighted by Gasteiger charge is 2.37. The smallest absolute Gasteiger partial charge is 0.492 e. The van der Waals surface area contributed by atoms with Crippen LogP contribution in [0.2, 0.25) is 0 Å². The third kappa shape index (κ3) is 4.84. The molecular formula is C22H19F3N2O5S2. The van der Waals surface area contributed by atoms with Crippen LogP contribution < -0.4 is 19.5 Å². The Bertz CT molecular complexity index is 1260. The molecule has 1 unspecified atom stereocenters. The minimum Gasteiger partial charge on any atom is -0.492 e. The van der Waals surface area contributed by atoms with Gasteiger partial charge in [0.25, 0.3) is 11.1 Å². The van der Waals surface area contributed by atoms with Crippen molar-refractivity contribution in [2.75, 3.05) is 13.7 Å². The van der Waals surface area contributed by atoms with E-state index in [1.807, 2.05) is 13.8 Å². The fourth-order valence-electron chi connectivity index (χ4n) is 3.65. The average Bonchev–Trinajstić information content (AvgIpc) is 3.24. The fourth-order valence-corrected chi connectivity index (χ4v) is 5.02. The summed E-state index contributed by atoms with van der Waals surface area (Å²) in [5.41, 5.74) is 0.887. The van der Waals surface area contributed by atoms with Crippen LogP contribution in [0.4, 0.5) is 18.0 Å². The number of alkyl halides is 3. The highest BCUT2D eigenvalue weighted by molar-refractivity contribution is 8.18. The van der Waals surface area contributed by atoms with E-state index >= 15 is 0 Å². The molecule has 1 atom stereocenters. The summed E-state index contributed by atoms with van der Waals surface area (Å²) in [6.45, 7) is 4.11. The number of carbonyl (C=O) groups excluding carboxylic acids is 2. The van der Waals surface area contributed by atoms with Crippen molar-refractivity contribution in [2.45, 2.75) is 30.5 Å². The molecule has 2 N–H and O–H groups in total. The van der Waals surface area contributed by atoms with Gasteiger partial charge in [-0.05, 0) is 54.7 Å². The molecule has 1 fully saturated rings. The molecular weight excluding hydrogens is 493 g/mol. The molecule has 34 heavy (non-hydrogen) atoms. The molecule has 0 aromatic heterocycles. The predicted octanol–water partition coefficient (Wildman–Crippen LogP) is 4.49. The number of hydrogen-bond donors (Lipinski definition) is 2. The molecule has 2 aliphatic rings. The molecule has 0 bridgehead atoms. The Kier molecular flexibility index (Phi) is 6.25. The summed E-state index contributed by atoms with van der Waals surface area (Å²) in [6.07, 6.45) is -3.57. The summed E-state index contributed by atoms with van der Waals surface area (Å²) in [7, 11) is -0.117. The Morgan fingerprint density at radius 3 is 2.56 bits per heavy atom. The minimum absolute atomic E-state index is 0.0327. The lowest BCUT2D eigenvalue weighted by molar-refractivity contribution is -0.274. The van der Waals surface area contributed by atoms with E-state index in [2.05, 4.69) is 14.8 Å². The van der Waals surface area contributed by atoms with Crippen molar-refractivity contribution in [3.8, 4) is 22.6 Å². The topological polar surface area (TPSA) is 93.7 Å². The Balaban J connectivity index is 1.94. The number of thioether (sulfide) groups is 1. The molecule has 2 aromatic carbocycles. The van der Waals surface area contributed by atoms with Crippen molar-refractivity contribution in [2.24, 2.45) is 0 Å². The molecule has 0 aliphatic carbocycles. The first-order chi connectivity index (χ1) is 15.9. The molecule has 0 radical (unpaired) electrons. The van der Waals surface area contributed by atoms with E-state index in [0.717, 1.165) is 6.07 Å². The Morgan fingerprint density at radius 1 is 1.21 bits per heavy atom. The Hall–Kier alpha value is -2.83. The van der Waals surface area contributed by atoms with Gasteiger partial charge in [0.05, 0.1) is 16.4 Å². The number of ether oxygens (including phenoxy) is 2. The highest BCUT2D eigenvalue weighted by atomic mass is 32.2. The minimum atomic E-state index is -4.96. The SMILES string of the molecule is CNS(=O)c1cc(-c2cc(/C=C3\SC(=O)NC3=O)ccc2OC(F)(F)F)c2c(c1)C(C)(C)CO2. The van der Waals surface area contributed by atoms with Crippen LogP contribution >= 0.6 is 11.8 Å². The van der Waals surface area contributed by atoms with Crippen LogP contribution in [0.15, 0.2) is 40.1 Å². The quantitative estimate of drug-likeness (QED) is 0.574. The largest absolute Gasteiger partial charge is 0.573 e. The van der Waals surface area contributed by atoms with E-state index in [1.54, 1.807) is 6.07 Å². The average molecular weight is 513 g/mol. The normalized spacial score (nSPS) is 19.1. The van der Waals surface area contributed by atoms with Gasteiger partial charge < -0.3 is 9.47 Å². The molecule has 2 aliphatic heterocycles. The molecule has 2 amide bonds. The molecule has 1 saturated heterocycles. The van der Waals surface area contributed by atoms with Gasteiger partial charge in [0.1, 0.15) is 22.5 Å². The van der Waals surface area contributed by atoms with Gasteiger partial charge in [-0.15, -0.1) is 13.2 Å². The summed E-state index contributed by atoms with van der Waals surface area (Å²) in [5, 5.41) is 1.59. The van der Waals surface area contributed by atoms with Crippen LogP contribution in [0.3, 0.4) is 0 Å². The van der Waals surface area contributed by atoms with Gasteiger partial charge in [0.2, 0.25) is 0 Å². The molecule has 0 spiro atoms. The maximum Gasteiger partial charge on any atom is 0.573 e. The summed E-state index contributed by atoms with van der Waals surface area (Å²) in [6, 6.07) is 7.07. The van der Waals surface area contributed by atoms with E-state index in [-0.39, 0.29) is 22.6 Å². The van der Waals surface area contributed by atoms with E-state index in [9.17, 15) is 27.0 Å². The van der Waals surface area contributed by atoms with Crippen molar-refractivity contribution in [1.29, 1.82) is 0 Å². The molecule has 180 valence electrons. The summed E-state index contributed by atoms with van der Waals surface area (Å²) in [5.74, 6) is -0.719. The number of amides is 2. The molecule has 12 heteroatoms. The lowest BCUT2D eigenvalue weighted by atomic mass is 9.85. The van der Waals surface area contributed by atoms with Crippen LogP contribution in [0, 0.1) is 0 Å². The van der Waals surface area contributed by atoms with Crippen LogP contribution in [0.1, 0.15) is 25.0 Å². The Labute approximate surface area is 199 Å². The molecule has 4 rings (SSSR count). The van der Waals surface area contributed by atoms with Gasteiger partial charge in [-0.1, -0.05) is 19.9 Å². The summed E-state index contributed by atoms with van der Waals surface area (Å²) < 4.78 is 64.9. The van der Waals surface area contributed by atoms with Crippen LogP contribution in [-0.2, 0) is 21.2 Å². The fraction of sp³-hybridized carbons (Fsp3) is 0.273. The van der Waals surface area contributed by atoms with Crippen LogP contribution in [0.25, 0.3) is 17.2 Å². The van der Waals surface area contributed by atoms with E-state index < -0.39 is 39.7 Å². The van der Waals surface area contributed by atoms with E-state index in [1.165, 1.54) is 31.3 Å². The van der Waals surface area contributed by atoms with Gasteiger partial charge in [0.15, 0.2) is 0 Å². The van der Waals surface area contributed by atoms with E-state index in [0.29, 0.717) is 33.5 Å². The first-order valence-electron chi connectivity index (χ1n) is 9.93. The van der Waals surface area contributed by atoms with Gasteiger partial charge in [-0.3, -0.25) is 14.9 Å². The first-order valence-corrected chi connectivity index (χ1v) is 11.9. The number of nitrogens with one attached hydrogen (secondary N) is 2. The van der Waals surface area contributed by atoms with Gasteiger partial charge >= 0.3 is 6.36 Å². The lowest BCUT2D eigenvalue weighted by Gasteiger charge is -2.19. The zero-order chi connectivity index (χ0) is 24.8. The maximum absolute atomic E-state index is 13.2. The maximum atomic E-state index is 13.2. The second kappa shape index (κ2) is 8.75. The van der Waals surface area contributed by atoms with Gasteiger partial charge in [-0.25, -0.2) is 8.93 Å². The number of benzene rings is 2. The summed E-state index contributed by atoms with van der Waals surface area (Å²) >= 11 is 0.691. The van der Waals surface area contributed by atoms with Crippen LogP contribution in [-0.4, -0.2) is 35.4 Å². The second-order valence-electron chi connectivity index (χ2n) is 8.15. The second-order valence-corrected chi connectivity index (χ2v) is 10.6. The van der Waals surface area contributed by atoms with E-state index in [4.69, 9.17) is 4.74 Å². The van der Waals surface area contributed by atoms with Crippen molar-refractivity contribution in [3.63, 3.8) is 0 Å². The van der Waals surface area contributed by atoms with Crippen molar-refractivity contribution in [3.05, 3.63) is 46.4 Å². The number of imide groups is 1. The third-order valence-corrected chi connectivity index (χ3v) is 7.07.